The Kier molecular flexibility index (Phi) is 6.96. The topological polar surface area (TPSA) is 55.4 Å². The monoisotopic (exact) mass is 353 g/mol. The van der Waals surface area contributed by atoms with Gasteiger partial charge in [-0.05, 0) is 67.1 Å². The summed E-state index contributed by atoms with van der Waals surface area (Å²) in [6, 6.07) is 9.86. The summed E-state index contributed by atoms with van der Waals surface area (Å²) in [5.74, 6) is 0.892. The van der Waals surface area contributed by atoms with Gasteiger partial charge in [-0.1, -0.05) is 25.1 Å². The van der Waals surface area contributed by atoms with Gasteiger partial charge in [0.05, 0.1) is 6.61 Å². The maximum atomic E-state index is 11.2. The zero-order chi connectivity index (χ0) is 19.1. The van der Waals surface area contributed by atoms with Gasteiger partial charge in [0.1, 0.15) is 12.0 Å². The van der Waals surface area contributed by atoms with Gasteiger partial charge in [0.15, 0.2) is 0 Å². The Morgan fingerprint density at radius 3 is 2.46 bits per heavy atom. The van der Waals surface area contributed by atoms with E-state index in [4.69, 9.17) is 4.74 Å². The van der Waals surface area contributed by atoms with E-state index >= 15 is 0 Å². The fourth-order valence-electron chi connectivity index (χ4n) is 3.10. The van der Waals surface area contributed by atoms with Crippen molar-refractivity contribution in [1.82, 2.24) is 5.32 Å². The van der Waals surface area contributed by atoms with Crippen molar-refractivity contribution in [2.24, 2.45) is 0 Å². The Morgan fingerprint density at radius 1 is 1.15 bits per heavy atom. The lowest BCUT2D eigenvalue weighted by Crippen LogP contribution is -2.24. The number of carbonyl (C=O) groups excluding carboxylic acids is 2. The van der Waals surface area contributed by atoms with Crippen LogP contribution in [0, 0.1) is 20.8 Å². The van der Waals surface area contributed by atoms with Crippen LogP contribution in [0.5, 0.6) is 5.75 Å². The molecule has 0 saturated carbocycles. The fraction of sp³-hybridized carbons (Fsp3) is 0.364. The van der Waals surface area contributed by atoms with Crippen molar-refractivity contribution in [3.05, 3.63) is 52.6 Å². The first kappa shape index (κ1) is 19.7. The van der Waals surface area contributed by atoms with E-state index in [9.17, 15) is 9.59 Å². The van der Waals surface area contributed by atoms with Crippen molar-refractivity contribution in [1.29, 1.82) is 0 Å². The summed E-state index contributed by atoms with van der Waals surface area (Å²) in [5, 5.41) is 2.84. The molecule has 26 heavy (non-hydrogen) atoms. The van der Waals surface area contributed by atoms with Crippen LogP contribution in [0.1, 0.15) is 46.8 Å². The van der Waals surface area contributed by atoms with Crippen molar-refractivity contribution in [2.75, 3.05) is 13.2 Å². The highest BCUT2D eigenvalue weighted by Gasteiger charge is 2.12. The van der Waals surface area contributed by atoms with E-state index in [-0.39, 0.29) is 5.91 Å². The van der Waals surface area contributed by atoms with E-state index in [0.29, 0.717) is 19.6 Å². The summed E-state index contributed by atoms with van der Waals surface area (Å²) in [4.78, 5) is 22.4. The number of aryl methyl sites for hydroxylation is 2. The fourth-order valence-corrected chi connectivity index (χ4v) is 3.10. The first-order valence-corrected chi connectivity index (χ1v) is 9.03. The SMILES string of the molecule is CCC(=O)NCCCOc1cc(C)c(-c2cccc(C=O)c2C)c(C)c1. The quantitative estimate of drug-likeness (QED) is 0.566. The molecule has 1 N–H and O–H groups in total. The second-order valence-corrected chi connectivity index (χ2v) is 6.48. The lowest BCUT2D eigenvalue weighted by molar-refractivity contribution is -0.120. The molecule has 0 bridgehead atoms. The van der Waals surface area contributed by atoms with Gasteiger partial charge in [0.2, 0.25) is 5.91 Å². The number of amides is 1. The predicted octanol–water partition coefficient (Wildman–Crippen LogP) is 4.39. The lowest BCUT2D eigenvalue weighted by Gasteiger charge is -2.16. The molecule has 138 valence electrons. The first-order chi connectivity index (χ1) is 12.5. The molecule has 0 atom stereocenters. The van der Waals surface area contributed by atoms with Crippen LogP contribution in [-0.4, -0.2) is 25.3 Å². The number of benzene rings is 2. The molecule has 0 spiro atoms. The number of nitrogens with one attached hydrogen (secondary N) is 1. The molecule has 4 nitrogen and oxygen atoms in total. The van der Waals surface area contributed by atoms with Crippen LogP contribution in [0.15, 0.2) is 30.3 Å². The Labute approximate surface area is 155 Å². The molecule has 0 fully saturated rings. The lowest BCUT2D eigenvalue weighted by atomic mass is 9.90. The number of ether oxygens (including phenoxy) is 1. The van der Waals surface area contributed by atoms with Crippen molar-refractivity contribution >= 4 is 12.2 Å². The van der Waals surface area contributed by atoms with E-state index < -0.39 is 0 Å². The van der Waals surface area contributed by atoms with Crippen LogP contribution in [-0.2, 0) is 4.79 Å². The molecule has 1 amide bonds. The second kappa shape index (κ2) is 9.18. The van der Waals surface area contributed by atoms with E-state index in [1.807, 2.05) is 38.1 Å². The normalized spacial score (nSPS) is 10.5. The Bertz CT molecular complexity index is 773. The molecular weight excluding hydrogens is 326 g/mol. The molecule has 0 aromatic heterocycles. The van der Waals surface area contributed by atoms with Gasteiger partial charge in [0, 0.05) is 18.5 Å². The van der Waals surface area contributed by atoms with Gasteiger partial charge in [0.25, 0.3) is 0 Å². The first-order valence-electron chi connectivity index (χ1n) is 9.03. The van der Waals surface area contributed by atoms with E-state index in [1.165, 1.54) is 0 Å². The minimum absolute atomic E-state index is 0.0639. The molecule has 0 aliphatic carbocycles. The van der Waals surface area contributed by atoms with Crippen LogP contribution in [0.4, 0.5) is 0 Å². The smallest absolute Gasteiger partial charge is 0.219 e. The Hall–Kier alpha value is -2.62. The Balaban J connectivity index is 2.11. The minimum atomic E-state index is 0.0639. The summed E-state index contributed by atoms with van der Waals surface area (Å²) in [7, 11) is 0. The average molecular weight is 353 g/mol. The molecule has 2 aromatic rings. The van der Waals surface area contributed by atoms with Gasteiger partial charge >= 0.3 is 0 Å². The molecule has 0 radical (unpaired) electrons. The third-order valence-corrected chi connectivity index (χ3v) is 4.51. The number of carbonyl (C=O) groups is 2. The summed E-state index contributed by atoms with van der Waals surface area (Å²) in [5.41, 5.74) is 6.17. The molecule has 0 unspecified atom stereocenters. The largest absolute Gasteiger partial charge is 0.494 e. The van der Waals surface area contributed by atoms with E-state index in [1.54, 1.807) is 0 Å². The van der Waals surface area contributed by atoms with Gasteiger partial charge in [-0.15, -0.1) is 0 Å². The van der Waals surface area contributed by atoms with Gasteiger partial charge in [-0.3, -0.25) is 9.59 Å². The van der Waals surface area contributed by atoms with Crippen LogP contribution >= 0.6 is 0 Å². The van der Waals surface area contributed by atoms with Crippen LogP contribution in [0.25, 0.3) is 11.1 Å². The number of rotatable bonds is 8. The van der Waals surface area contributed by atoms with E-state index in [2.05, 4.69) is 25.2 Å². The molecule has 0 heterocycles. The summed E-state index contributed by atoms with van der Waals surface area (Å²) >= 11 is 0. The average Bonchev–Trinajstić information content (AvgIpc) is 2.62. The van der Waals surface area contributed by atoms with Crippen LogP contribution < -0.4 is 10.1 Å². The van der Waals surface area contributed by atoms with Crippen molar-refractivity contribution < 1.29 is 14.3 Å². The summed E-state index contributed by atoms with van der Waals surface area (Å²) < 4.78 is 5.84. The zero-order valence-electron chi connectivity index (χ0n) is 16.0. The molecule has 0 aliphatic rings. The standard InChI is InChI=1S/C22H27NO3/c1-5-21(25)23-10-7-11-26-19-12-15(2)22(16(3)13-19)20-9-6-8-18(14-24)17(20)4/h6,8-9,12-14H,5,7,10-11H2,1-4H3,(H,23,25). The molecular formula is C22H27NO3. The van der Waals surface area contributed by atoms with Crippen LogP contribution in [0.2, 0.25) is 0 Å². The van der Waals surface area contributed by atoms with Gasteiger partial charge in [-0.25, -0.2) is 0 Å². The molecule has 2 rings (SSSR count). The van der Waals surface area contributed by atoms with Crippen molar-refractivity contribution in [3.63, 3.8) is 0 Å². The second-order valence-electron chi connectivity index (χ2n) is 6.48. The third-order valence-electron chi connectivity index (χ3n) is 4.51. The third kappa shape index (κ3) is 4.72. The number of hydrogen-bond donors (Lipinski definition) is 1. The van der Waals surface area contributed by atoms with Crippen molar-refractivity contribution in [2.45, 2.75) is 40.5 Å². The molecule has 4 heteroatoms. The number of hydrogen-bond acceptors (Lipinski definition) is 3. The highest BCUT2D eigenvalue weighted by atomic mass is 16.5. The maximum absolute atomic E-state index is 11.2. The molecule has 0 aliphatic heterocycles. The minimum Gasteiger partial charge on any atom is -0.494 e. The highest BCUT2D eigenvalue weighted by Crippen LogP contribution is 2.33. The molecule has 2 aromatic carbocycles. The van der Waals surface area contributed by atoms with Crippen molar-refractivity contribution in [3.8, 4) is 16.9 Å². The maximum Gasteiger partial charge on any atom is 0.219 e. The predicted molar refractivity (Wildman–Crippen MR) is 105 cm³/mol. The highest BCUT2D eigenvalue weighted by molar-refractivity contribution is 5.84. The zero-order valence-corrected chi connectivity index (χ0v) is 16.0. The van der Waals surface area contributed by atoms with E-state index in [0.717, 1.165) is 51.8 Å². The Morgan fingerprint density at radius 2 is 1.85 bits per heavy atom. The number of aldehydes is 1. The summed E-state index contributed by atoms with van der Waals surface area (Å²) in [6.07, 6.45) is 2.18. The van der Waals surface area contributed by atoms with Crippen LogP contribution in [0.3, 0.4) is 0 Å². The van der Waals surface area contributed by atoms with Gasteiger partial charge < -0.3 is 10.1 Å². The molecule has 0 saturated heterocycles. The van der Waals surface area contributed by atoms with Gasteiger partial charge in [-0.2, -0.15) is 0 Å². The summed E-state index contributed by atoms with van der Waals surface area (Å²) in [6.45, 7) is 9.12.